The summed E-state index contributed by atoms with van der Waals surface area (Å²) in [7, 11) is 0. The molecule has 1 aliphatic carbocycles. The zero-order valence-corrected chi connectivity index (χ0v) is 19.0. The summed E-state index contributed by atoms with van der Waals surface area (Å²) in [5.41, 5.74) is 0.929. The molecular weight excluding hydrogens is 508 g/mol. The number of imide groups is 1. The minimum Gasteiger partial charge on any atom is -0.454 e. The Morgan fingerprint density at radius 1 is 1.10 bits per heavy atom. The zero-order chi connectivity index (χ0) is 21.1. The van der Waals surface area contributed by atoms with E-state index in [9.17, 15) is 19.2 Å². The number of fused-ring (bicyclic) bond motifs is 1. The maximum Gasteiger partial charge on any atom is 0.326 e. The van der Waals surface area contributed by atoms with E-state index < -0.39 is 36.9 Å². The van der Waals surface area contributed by atoms with Gasteiger partial charge in [-0.3, -0.25) is 24.1 Å². The number of rotatable bonds is 6. The predicted octanol–water partition coefficient (Wildman–Crippen LogP) is 2.33. The van der Waals surface area contributed by atoms with Crippen LogP contribution in [0, 0.1) is 11.8 Å². The first-order valence-electron chi connectivity index (χ1n) is 9.41. The molecule has 9 heteroatoms. The van der Waals surface area contributed by atoms with Crippen molar-refractivity contribution in [2.75, 3.05) is 13.2 Å². The largest absolute Gasteiger partial charge is 0.454 e. The van der Waals surface area contributed by atoms with Crippen molar-refractivity contribution in [1.82, 2.24) is 10.2 Å². The van der Waals surface area contributed by atoms with Gasteiger partial charge in [0, 0.05) is 9.65 Å². The second-order valence-corrected chi connectivity index (χ2v) is 9.69. The first-order chi connectivity index (χ1) is 13.8. The van der Waals surface area contributed by atoms with Crippen LogP contribution in [0.25, 0.3) is 0 Å². The molecule has 1 aromatic carbocycles. The number of halogens is 2. The molecule has 1 aromatic rings. The van der Waals surface area contributed by atoms with Crippen molar-refractivity contribution >= 4 is 55.6 Å². The first kappa shape index (κ1) is 22.0. The maximum absolute atomic E-state index is 12.6. The fourth-order valence-corrected chi connectivity index (χ4v) is 4.99. The number of amides is 3. The summed E-state index contributed by atoms with van der Waals surface area (Å²) >= 11 is 7.04. The first-order valence-corrected chi connectivity index (χ1v) is 11.2. The quantitative estimate of drug-likeness (QED) is 0.347. The molecule has 0 unspecified atom stereocenters. The van der Waals surface area contributed by atoms with Crippen LogP contribution in [0.3, 0.4) is 0 Å². The molecule has 1 aliphatic heterocycles. The summed E-state index contributed by atoms with van der Waals surface area (Å²) in [6.07, 6.45) is 1.08. The molecule has 3 amide bonds. The smallest absolute Gasteiger partial charge is 0.326 e. The molecule has 1 N–H and O–H groups in total. The van der Waals surface area contributed by atoms with Gasteiger partial charge in [0.2, 0.25) is 11.8 Å². The van der Waals surface area contributed by atoms with Crippen molar-refractivity contribution < 1.29 is 23.9 Å². The van der Waals surface area contributed by atoms with Gasteiger partial charge in [-0.05, 0) is 25.3 Å². The Labute approximate surface area is 185 Å². The van der Waals surface area contributed by atoms with Crippen LogP contribution in [0.15, 0.2) is 30.3 Å². The molecule has 0 spiro atoms. The molecule has 1 saturated heterocycles. The van der Waals surface area contributed by atoms with Gasteiger partial charge in [0.25, 0.3) is 5.91 Å². The Morgan fingerprint density at radius 2 is 1.66 bits per heavy atom. The summed E-state index contributed by atoms with van der Waals surface area (Å²) in [5, 5.41) is 2.74. The van der Waals surface area contributed by atoms with E-state index in [1.165, 1.54) is 0 Å². The number of carbonyl (C=O) groups excluding carboxylic acids is 4. The van der Waals surface area contributed by atoms with Crippen LogP contribution in [-0.2, 0) is 23.9 Å². The van der Waals surface area contributed by atoms with Gasteiger partial charge >= 0.3 is 5.97 Å². The van der Waals surface area contributed by atoms with Gasteiger partial charge in [0.1, 0.15) is 6.54 Å². The summed E-state index contributed by atoms with van der Waals surface area (Å²) in [6, 6.07) is 9.16. The van der Waals surface area contributed by atoms with Crippen LogP contribution < -0.4 is 5.32 Å². The van der Waals surface area contributed by atoms with Crippen LogP contribution >= 0.6 is 31.9 Å². The lowest BCUT2D eigenvalue weighted by molar-refractivity contribution is -0.155. The molecule has 0 radical (unpaired) electrons. The van der Waals surface area contributed by atoms with Crippen LogP contribution in [0.4, 0.5) is 0 Å². The number of hydrogen-bond acceptors (Lipinski definition) is 5. The fourth-order valence-electron chi connectivity index (χ4n) is 3.75. The number of alkyl halides is 2. The van der Waals surface area contributed by atoms with E-state index in [4.69, 9.17) is 4.74 Å². The van der Waals surface area contributed by atoms with Crippen LogP contribution in [0.2, 0.25) is 0 Å². The minimum atomic E-state index is -0.779. The molecule has 2 aliphatic rings. The van der Waals surface area contributed by atoms with Gasteiger partial charge in [0.15, 0.2) is 6.61 Å². The molecule has 0 bridgehead atoms. The summed E-state index contributed by atoms with van der Waals surface area (Å²) < 4.78 is 4.98. The Kier molecular flexibility index (Phi) is 7.10. The molecule has 3 rings (SSSR count). The van der Waals surface area contributed by atoms with E-state index in [2.05, 4.69) is 37.2 Å². The van der Waals surface area contributed by atoms with Gasteiger partial charge in [-0.25, -0.2) is 0 Å². The molecular formula is C20H22Br2N2O5. The Bertz CT molecular complexity index is 775. The molecule has 1 heterocycles. The minimum absolute atomic E-state index is 0.0997. The normalized spacial score (nSPS) is 27.3. The van der Waals surface area contributed by atoms with Crippen LogP contribution in [0.1, 0.15) is 31.4 Å². The molecule has 2 fully saturated rings. The SMILES string of the molecule is C[C@H](NC(=O)COC(=O)CN1C(=O)[C@@H]2C[C@H](Br)[C@@H](Br)C[C@H]2C1=O)c1ccccc1. The highest BCUT2D eigenvalue weighted by Gasteiger charge is 2.52. The van der Waals surface area contributed by atoms with Crippen molar-refractivity contribution in [3.8, 4) is 0 Å². The topological polar surface area (TPSA) is 92.8 Å². The Hall–Kier alpha value is -1.74. The number of nitrogens with one attached hydrogen (secondary N) is 1. The van der Waals surface area contributed by atoms with Crippen molar-refractivity contribution in [3.05, 3.63) is 35.9 Å². The number of hydrogen-bond donors (Lipinski definition) is 1. The zero-order valence-electron chi connectivity index (χ0n) is 15.8. The lowest BCUT2D eigenvalue weighted by atomic mass is 9.81. The van der Waals surface area contributed by atoms with E-state index in [-0.39, 0.29) is 27.5 Å². The Balaban J connectivity index is 1.49. The van der Waals surface area contributed by atoms with Gasteiger partial charge in [0.05, 0.1) is 17.9 Å². The lowest BCUT2D eigenvalue weighted by Crippen LogP contribution is -2.38. The third-order valence-corrected chi connectivity index (χ3v) is 8.06. The molecule has 0 aromatic heterocycles. The lowest BCUT2D eigenvalue weighted by Gasteiger charge is -2.29. The second-order valence-electron chi connectivity index (χ2n) is 7.34. The van der Waals surface area contributed by atoms with Gasteiger partial charge in [-0.1, -0.05) is 62.2 Å². The van der Waals surface area contributed by atoms with Crippen molar-refractivity contribution in [2.24, 2.45) is 11.8 Å². The molecule has 156 valence electrons. The van der Waals surface area contributed by atoms with Gasteiger partial charge in [-0.15, -0.1) is 0 Å². The van der Waals surface area contributed by atoms with E-state index in [0.29, 0.717) is 12.8 Å². The third-order valence-electron chi connectivity index (χ3n) is 5.33. The highest BCUT2D eigenvalue weighted by molar-refractivity contribution is 9.12. The molecule has 29 heavy (non-hydrogen) atoms. The highest BCUT2D eigenvalue weighted by Crippen LogP contribution is 2.43. The summed E-state index contributed by atoms with van der Waals surface area (Å²) in [5.74, 6) is -2.75. The van der Waals surface area contributed by atoms with Crippen molar-refractivity contribution in [3.63, 3.8) is 0 Å². The highest BCUT2D eigenvalue weighted by atomic mass is 79.9. The molecule has 7 nitrogen and oxygen atoms in total. The standard InChI is InChI=1S/C20H22Br2N2O5/c1-11(12-5-3-2-4-6-12)23-17(25)10-29-18(26)9-24-19(27)13-7-15(21)16(22)8-14(13)20(24)28/h2-6,11,13-16H,7-10H2,1H3,(H,23,25)/t11-,13+,14+,15-,16-/m0/s1. The van der Waals surface area contributed by atoms with Crippen LogP contribution in [0.5, 0.6) is 0 Å². The van der Waals surface area contributed by atoms with Gasteiger partial charge < -0.3 is 10.1 Å². The number of ether oxygens (including phenoxy) is 1. The summed E-state index contributed by atoms with van der Waals surface area (Å²) in [4.78, 5) is 50.4. The molecule has 5 atom stereocenters. The van der Waals surface area contributed by atoms with Crippen LogP contribution in [-0.4, -0.2) is 51.4 Å². The summed E-state index contributed by atoms with van der Waals surface area (Å²) in [6.45, 7) is 0.894. The number of esters is 1. The van der Waals surface area contributed by atoms with E-state index >= 15 is 0 Å². The van der Waals surface area contributed by atoms with E-state index in [1.807, 2.05) is 37.3 Å². The Morgan fingerprint density at radius 3 is 2.21 bits per heavy atom. The third kappa shape index (κ3) is 5.06. The van der Waals surface area contributed by atoms with Crippen molar-refractivity contribution in [1.29, 1.82) is 0 Å². The number of carbonyl (C=O) groups is 4. The maximum atomic E-state index is 12.6. The predicted molar refractivity (Wildman–Crippen MR) is 112 cm³/mol. The molecule has 1 saturated carbocycles. The van der Waals surface area contributed by atoms with E-state index in [1.54, 1.807) is 0 Å². The number of nitrogens with zero attached hydrogens (tertiary/aromatic N) is 1. The monoisotopic (exact) mass is 528 g/mol. The second kappa shape index (κ2) is 9.38. The average molecular weight is 530 g/mol. The van der Waals surface area contributed by atoms with Gasteiger partial charge in [-0.2, -0.15) is 0 Å². The number of benzene rings is 1. The average Bonchev–Trinajstić information content (AvgIpc) is 2.92. The number of likely N-dealkylation sites (tertiary alicyclic amines) is 1. The van der Waals surface area contributed by atoms with Crippen molar-refractivity contribution in [2.45, 2.75) is 35.5 Å². The fraction of sp³-hybridized carbons (Fsp3) is 0.500. The van der Waals surface area contributed by atoms with E-state index in [0.717, 1.165) is 10.5 Å².